The number of fused-ring (bicyclic) bond motifs is 1. The topological polar surface area (TPSA) is 57.8 Å². The number of carbonyl (C=O) groups is 1. The fourth-order valence-electron chi connectivity index (χ4n) is 3.67. The first-order valence-electron chi connectivity index (χ1n) is 8.69. The lowest BCUT2D eigenvalue weighted by molar-refractivity contribution is -0.113. The average Bonchev–Trinajstić information content (AvgIpc) is 3.27. The van der Waals surface area contributed by atoms with E-state index in [-0.39, 0.29) is 5.91 Å². The Balaban J connectivity index is 1.34. The molecular weight excluding hydrogens is 342 g/mol. The number of hydrogen-bond donors (Lipinski definition) is 2. The number of benzene rings is 3. The number of amides is 1. The molecule has 1 heterocycles. The average molecular weight is 359 g/mol. The fraction of sp³-hybridized carbons (Fsp3) is 0.143. The van der Waals surface area contributed by atoms with Crippen molar-refractivity contribution >= 4 is 45.2 Å². The highest BCUT2D eigenvalue weighted by Crippen LogP contribution is 2.35. The first-order chi connectivity index (χ1) is 12.8. The quantitative estimate of drug-likeness (QED) is 0.526. The molecule has 0 bridgehead atoms. The van der Waals surface area contributed by atoms with Crippen LogP contribution in [0.1, 0.15) is 11.1 Å². The zero-order chi connectivity index (χ0) is 17.5. The molecule has 0 saturated heterocycles. The lowest BCUT2D eigenvalue weighted by atomic mass is 10.0. The lowest BCUT2D eigenvalue weighted by Crippen LogP contribution is -2.14. The van der Waals surface area contributed by atoms with Crippen LogP contribution in [0.3, 0.4) is 0 Å². The van der Waals surface area contributed by atoms with E-state index in [4.69, 9.17) is 0 Å². The minimum absolute atomic E-state index is 0.0193. The van der Waals surface area contributed by atoms with Gasteiger partial charge in [0.2, 0.25) is 5.91 Å². The molecule has 3 aromatic carbocycles. The molecule has 0 unspecified atom stereocenters. The predicted octanol–water partition coefficient (Wildman–Crippen LogP) is 4.55. The summed E-state index contributed by atoms with van der Waals surface area (Å²) >= 11 is 1.42. The van der Waals surface area contributed by atoms with Gasteiger partial charge < -0.3 is 10.3 Å². The van der Waals surface area contributed by atoms with Crippen LogP contribution in [0.2, 0.25) is 0 Å². The van der Waals surface area contributed by atoms with Crippen molar-refractivity contribution in [3.05, 3.63) is 65.7 Å². The van der Waals surface area contributed by atoms with Gasteiger partial charge in [-0.3, -0.25) is 4.79 Å². The van der Waals surface area contributed by atoms with Crippen molar-refractivity contribution in [3.8, 4) is 0 Å². The summed E-state index contributed by atoms with van der Waals surface area (Å²) < 4.78 is 0. The summed E-state index contributed by atoms with van der Waals surface area (Å²) in [5.41, 5.74) is 5.56. The Bertz CT molecular complexity index is 1110. The molecule has 0 radical (unpaired) electrons. The molecule has 0 spiro atoms. The second-order valence-corrected chi connectivity index (χ2v) is 7.47. The number of aryl methyl sites for hydroxylation is 2. The van der Waals surface area contributed by atoms with Crippen molar-refractivity contribution in [3.63, 3.8) is 0 Å². The van der Waals surface area contributed by atoms with E-state index in [0.717, 1.165) is 40.1 Å². The Kier molecular flexibility index (Phi) is 3.68. The van der Waals surface area contributed by atoms with E-state index < -0.39 is 0 Å². The number of aromatic nitrogens is 2. The van der Waals surface area contributed by atoms with Crippen LogP contribution >= 0.6 is 11.8 Å². The number of aromatic amines is 1. The SMILES string of the molecule is O=C(CSc1nc2ccccc2[nH]1)Nc1ccc2c3c(cccc13)CC2. The van der Waals surface area contributed by atoms with Crippen molar-refractivity contribution in [1.29, 1.82) is 0 Å². The van der Waals surface area contributed by atoms with Crippen LogP contribution in [0.15, 0.2) is 59.8 Å². The van der Waals surface area contributed by atoms with E-state index in [1.165, 1.54) is 28.3 Å². The van der Waals surface area contributed by atoms with Crippen LogP contribution in [0.25, 0.3) is 21.8 Å². The molecule has 1 aliphatic rings. The van der Waals surface area contributed by atoms with E-state index in [0.29, 0.717) is 5.75 Å². The molecular formula is C21H17N3OS. The van der Waals surface area contributed by atoms with E-state index >= 15 is 0 Å². The van der Waals surface area contributed by atoms with Crippen molar-refractivity contribution < 1.29 is 4.79 Å². The minimum Gasteiger partial charge on any atom is -0.333 e. The molecule has 1 amide bonds. The molecule has 5 heteroatoms. The number of anilines is 1. The molecule has 128 valence electrons. The summed E-state index contributed by atoms with van der Waals surface area (Å²) in [6.45, 7) is 0. The van der Waals surface area contributed by atoms with Gasteiger partial charge in [-0.2, -0.15) is 0 Å². The molecule has 4 aromatic rings. The Morgan fingerprint density at radius 3 is 2.77 bits per heavy atom. The summed E-state index contributed by atoms with van der Waals surface area (Å²) in [7, 11) is 0. The van der Waals surface area contributed by atoms with E-state index in [1.54, 1.807) is 0 Å². The van der Waals surface area contributed by atoms with Gasteiger partial charge in [0.25, 0.3) is 0 Å². The summed E-state index contributed by atoms with van der Waals surface area (Å²) in [6.07, 6.45) is 2.18. The standard InChI is InChI=1S/C21H17N3OS/c25-19(12-26-21-23-17-6-1-2-7-18(17)24-21)22-16-11-10-14-9-8-13-4-3-5-15(16)20(13)14/h1-7,10-11H,8-9,12H2,(H,22,25)(H,23,24). The highest BCUT2D eigenvalue weighted by molar-refractivity contribution is 7.99. The molecule has 0 fully saturated rings. The van der Waals surface area contributed by atoms with Crippen LogP contribution in [0.5, 0.6) is 0 Å². The van der Waals surface area contributed by atoms with Gasteiger partial charge in [-0.05, 0) is 47.6 Å². The smallest absolute Gasteiger partial charge is 0.234 e. The maximum atomic E-state index is 12.5. The zero-order valence-corrected chi connectivity index (χ0v) is 14.9. The Hall–Kier alpha value is -2.79. The molecule has 26 heavy (non-hydrogen) atoms. The van der Waals surface area contributed by atoms with Gasteiger partial charge in [0.05, 0.1) is 16.8 Å². The molecule has 1 aromatic heterocycles. The highest BCUT2D eigenvalue weighted by Gasteiger charge is 2.16. The van der Waals surface area contributed by atoms with Gasteiger partial charge >= 0.3 is 0 Å². The van der Waals surface area contributed by atoms with Gasteiger partial charge in [-0.25, -0.2) is 4.98 Å². The third kappa shape index (κ3) is 2.65. The number of H-pyrrole nitrogens is 1. The second kappa shape index (κ2) is 6.18. The van der Waals surface area contributed by atoms with Crippen molar-refractivity contribution in [2.24, 2.45) is 0 Å². The minimum atomic E-state index is -0.0193. The number of rotatable bonds is 4. The summed E-state index contributed by atoms with van der Waals surface area (Å²) in [6, 6.07) is 18.4. The summed E-state index contributed by atoms with van der Waals surface area (Å²) in [5, 5.41) is 6.29. The summed E-state index contributed by atoms with van der Waals surface area (Å²) in [5.74, 6) is 0.303. The first kappa shape index (κ1) is 15.5. The molecule has 0 atom stereocenters. The van der Waals surface area contributed by atoms with Crippen LogP contribution in [0.4, 0.5) is 5.69 Å². The van der Waals surface area contributed by atoms with Crippen molar-refractivity contribution in [1.82, 2.24) is 9.97 Å². The van der Waals surface area contributed by atoms with Gasteiger partial charge in [-0.15, -0.1) is 0 Å². The molecule has 0 aliphatic heterocycles. The summed E-state index contributed by atoms with van der Waals surface area (Å²) in [4.78, 5) is 20.2. The van der Waals surface area contributed by atoms with E-state index in [1.807, 2.05) is 30.3 Å². The number of para-hydroxylation sites is 2. The first-order valence-corrected chi connectivity index (χ1v) is 9.67. The molecule has 5 rings (SSSR count). The number of imidazole rings is 1. The largest absolute Gasteiger partial charge is 0.333 e. The number of nitrogens with one attached hydrogen (secondary N) is 2. The van der Waals surface area contributed by atoms with Gasteiger partial charge in [0.1, 0.15) is 0 Å². The number of nitrogens with zero attached hydrogens (tertiary/aromatic N) is 1. The van der Waals surface area contributed by atoms with E-state index in [2.05, 4.69) is 39.6 Å². The molecule has 2 N–H and O–H groups in total. The fourth-order valence-corrected chi connectivity index (χ4v) is 4.36. The van der Waals surface area contributed by atoms with Gasteiger partial charge in [0.15, 0.2) is 5.16 Å². The number of carbonyl (C=O) groups excluding carboxylic acids is 1. The van der Waals surface area contributed by atoms with Crippen LogP contribution in [0, 0.1) is 0 Å². The van der Waals surface area contributed by atoms with Crippen LogP contribution < -0.4 is 5.32 Å². The van der Waals surface area contributed by atoms with Crippen molar-refractivity contribution in [2.75, 3.05) is 11.1 Å². The third-order valence-corrected chi connectivity index (χ3v) is 5.73. The lowest BCUT2D eigenvalue weighted by Gasteiger charge is -2.10. The van der Waals surface area contributed by atoms with E-state index in [9.17, 15) is 4.79 Å². The normalized spacial score (nSPS) is 12.8. The van der Waals surface area contributed by atoms with Crippen LogP contribution in [-0.2, 0) is 17.6 Å². The Morgan fingerprint density at radius 1 is 1.04 bits per heavy atom. The third-order valence-electron chi connectivity index (χ3n) is 4.86. The number of thioether (sulfide) groups is 1. The Morgan fingerprint density at radius 2 is 1.88 bits per heavy atom. The zero-order valence-electron chi connectivity index (χ0n) is 14.1. The monoisotopic (exact) mass is 359 g/mol. The van der Waals surface area contributed by atoms with Gasteiger partial charge in [0, 0.05) is 11.1 Å². The van der Waals surface area contributed by atoms with Crippen molar-refractivity contribution in [2.45, 2.75) is 18.0 Å². The molecule has 4 nitrogen and oxygen atoms in total. The molecule has 0 saturated carbocycles. The number of hydrogen-bond acceptors (Lipinski definition) is 3. The Labute approximate surface area is 155 Å². The maximum Gasteiger partial charge on any atom is 0.234 e. The predicted molar refractivity (Wildman–Crippen MR) is 107 cm³/mol. The van der Waals surface area contributed by atoms with Crippen LogP contribution in [-0.4, -0.2) is 21.6 Å². The second-order valence-electron chi connectivity index (χ2n) is 6.51. The molecule has 1 aliphatic carbocycles. The van der Waals surface area contributed by atoms with Gasteiger partial charge in [-0.1, -0.05) is 48.2 Å². The highest BCUT2D eigenvalue weighted by atomic mass is 32.2. The maximum absolute atomic E-state index is 12.5.